The Hall–Kier alpha value is -2.46. The van der Waals surface area contributed by atoms with Crippen molar-refractivity contribution >= 4 is 15.6 Å². The number of aromatic nitrogens is 2. The van der Waals surface area contributed by atoms with Gasteiger partial charge in [0.25, 0.3) is 0 Å². The molecule has 10 heteroatoms. The second-order valence-electron chi connectivity index (χ2n) is 5.62. The van der Waals surface area contributed by atoms with Gasteiger partial charge in [0.1, 0.15) is 27.4 Å². The maximum atomic E-state index is 13.6. The first-order valence-corrected chi connectivity index (χ1v) is 8.89. The molecule has 5 nitrogen and oxygen atoms in total. The summed E-state index contributed by atoms with van der Waals surface area (Å²) in [4.78, 5) is 3.88. The number of rotatable bonds is 4. The molecule has 2 heterocycles. The number of nitrogens with zero attached hydrogens (tertiary/aromatic N) is 3. The Morgan fingerprint density at radius 1 is 1.19 bits per heavy atom. The van der Waals surface area contributed by atoms with E-state index in [1.807, 2.05) is 0 Å². The van der Waals surface area contributed by atoms with Crippen LogP contribution in [-0.2, 0) is 9.92 Å². The van der Waals surface area contributed by atoms with E-state index in [9.17, 15) is 21.8 Å². The Labute approximate surface area is 147 Å². The Morgan fingerprint density at radius 3 is 2.46 bits per heavy atom. The molecule has 3 aromatic rings. The summed E-state index contributed by atoms with van der Waals surface area (Å²) in [6, 6.07) is 4.02. The zero-order valence-corrected chi connectivity index (χ0v) is 14.3. The molecule has 0 spiro atoms. The maximum Gasteiger partial charge on any atom is 0.409 e. The van der Waals surface area contributed by atoms with Gasteiger partial charge in [0, 0.05) is 25.6 Å². The molecule has 138 valence electrons. The minimum atomic E-state index is -4.81. The van der Waals surface area contributed by atoms with Crippen LogP contribution in [-0.4, -0.2) is 31.1 Å². The SMILES string of the molecule is CN([C@H](c1ccc(F)cc1)C(F)(F)F)S(=N)(=O)c1ccn2ccnc2c1. The largest absolute Gasteiger partial charge is 0.409 e. The smallest absolute Gasteiger partial charge is 0.307 e. The lowest BCUT2D eigenvalue weighted by molar-refractivity contribution is -0.170. The molecule has 0 saturated carbocycles. The van der Waals surface area contributed by atoms with Crippen LogP contribution in [0.25, 0.3) is 5.65 Å². The van der Waals surface area contributed by atoms with Crippen LogP contribution in [0.1, 0.15) is 11.6 Å². The minimum Gasteiger partial charge on any atom is -0.307 e. The zero-order chi connectivity index (χ0) is 19.1. The molecule has 0 aliphatic heterocycles. The molecule has 1 unspecified atom stereocenters. The van der Waals surface area contributed by atoms with Crippen LogP contribution in [0.5, 0.6) is 0 Å². The molecule has 0 aliphatic carbocycles. The van der Waals surface area contributed by atoms with Gasteiger partial charge in [-0.05, 0) is 29.8 Å². The van der Waals surface area contributed by atoms with E-state index < -0.39 is 28.0 Å². The van der Waals surface area contributed by atoms with Crippen LogP contribution in [0.4, 0.5) is 17.6 Å². The highest BCUT2D eigenvalue weighted by atomic mass is 32.2. The monoisotopic (exact) mass is 386 g/mol. The van der Waals surface area contributed by atoms with Crippen molar-refractivity contribution in [2.24, 2.45) is 0 Å². The lowest BCUT2D eigenvalue weighted by atomic mass is 10.1. The van der Waals surface area contributed by atoms with Crippen molar-refractivity contribution < 1.29 is 21.8 Å². The number of imidazole rings is 1. The second kappa shape index (κ2) is 6.36. The van der Waals surface area contributed by atoms with E-state index in [0.717, 1.165) is 31.3 Å². The van der Waals surface area contributed by atoms with E-state index in [2.05, 4.69) is 4.98 Å². The molecule has 0 aliphatic rings. The van der Waals surface area contributed by atoms with Crippen molar-refractivity contribution in [2.75, 3.05) is 7.05 Å². The highest BCUT2D eigenvalue weighted by Crippen LogP contribution is 2.39. The average molecular weight is 386 g/mol. The number of benzene rings is 1. The van der Waals surface area contributed by atoms with Gasteiger partial charge in [-0.3, -0.25) is 0 Å². The van der Waals surface area contributed by atoms with Crippen LogP contribution < -0.4 is 0 Å². The molecule has 0 bridgehead atoms. The van der Waals surface area contributed by atoms with E-state index in [-0.39, 0.29) is 10.5 Å². The normalized spacial score (nSPS) is 15.9. The number of pyridine rings is 1. The van der Waals surface area contributed by atoms with Crippen molar-refractivity contribution in [2.45, 2.75) is 17.1 Å². The van der Waals surface area contributed by atoms with Gasteiger partial charge in [-0.1, -0.05) is 12.1 Å². The van der Waals surface area contributed by atoms with E-state index in [1.165, 1.54) is 24.5 Å². The molecule has 0 amide bonds. The van der Waals surface area contributed by atoms with Gasteiger partial charge in [0.2, 0.25) is 0 Å². The third kappa shape index (κ3) is 3.29. The molecule has 3 rings (SSSR count). The molecule has 0 radical (unpaired) electrons. The van der Waals surface area contributed by atoms with Crippen molar-refractivity contribution in [3.05, 3.63) is 66.4 Å². The van der Waals surface area contributed by atoms with Gasteiger partial charge in [0.05, 0.1) is 4.90 Å². The summed E-state index contributed by atoms with van der Waals surface area (Å²) in [6.45, 7) is 0. The maximum absolute atomic E-state index is 13.6. The summed E-state index contributed by atoms with van der Waals surface area (Å²) in [5, 5.41) is 0. The zero-order valence-electron chi connectivity index (χ0n) is 13.4. The van der Waals surface area contributed by atoms with Crippen LogP contribution in [0.2, 0.25) is 0 Å². The average Bonchev–Trinajstić information content (AvgIpc) is 3.03. The predicted octanol–water partition coefficient (Wildman–Crippen LogP) is 4.03. The van der Waals surface area contributed by atoms with Gasteiger partial charge in [0.15, 0.2) is 0 Å². The number of hydrogen-bond acceptors (Lipinski definition) is 3. The summed E-state index contributed by atoms with van der Waals surface area (Å²) in [5.41, 5.74) is 0.0597. The molecule has 2 atom stereocenters. The van der Waals surface area contributed by atoms with Crippen LogP contribution in [0.15, 0.2) is 59.9 Å². The Balaban J connectivity index is 2.07. The van der Waals surface area contributed by atoms with Gasteiger partial charge in [-0.15, -0.1) is 0 Å². The van der Waals surface area contributed by atoms with Crippen LogP contribution in [0.3, 0.4) is 0 Å². The van der Waals surface area contributed by atoms with Gasteiger partial charge < -0.3 is 4.40 Å². The number of nitrogens with one attached hydrogen (secondary N) is 1. The molecular formula is C16H14F4N4OS. The first kappa shape index (κ1) is 18.3. The van der Waals surface area contributed by atoms with Crippen molar-refractivity contribution in [3.63, 3.8) is 0 Å². The number of hydrogen-bond donors (Lipinski definition) is 1. The molecule has 2 aromatic heterocycles. The third-order valence-corrected chi connectivity index (χ3v) is 5.87. The number of fused-ring (bicyclic) bond motifs is 1. The fourth-order valence-electron chi connectivity index (χ4n) is 2.63. The van der Waals surface area contributed by atoms with E-state index in [1.54, 1.807) is 10.6 Å². The van der Waals surface area contributed by atoms with E-state index in [4.69, 9.17) is 4.78 Å². The molecule has 0 saturated heterocycles. The predicted molar refractivity (Wildman–Crippen MR) is 87.3 cm³/mol. The quantitative estimate of drug-likeness (QED) is 0.688. The van der Waals surface area contributed by atoms with Gasteiger partial charge in [-0.25, -0.2) is 22.7 Å². The van der Waals surface area contributed by atoms with Crippen LogP contribution in [0, 0.1) is 10.6 Å². The van der Waals surface area contributed by atoms with Crippen molar-refractivity contribution in [3.8, 4) is 0 Å². The summed E-state index contributed by atoms with van der Waals surface area (Å²) in [6.07, 6.45) is -0.245. The van der Waals surface area contributed by atoms with Crippen molar-refractivity contribution in [1.82, 2.24) is 13.7 Å². The number of halogens is 4. The molecule has 26 heavy (non-hydrogen) atoms. The third-order valence-electron chi connectivity index (χ3n) is 3.95. The highest BCUT2D eigenvalue weighted by Gasteiger charge is 2.46. The molecule has 1 aromatic carbocycles. The lowest BCUT2D eigenvalue weighted by Gasteiger charge is -2.31. The Morgan fingerprint density at radius 2 is 1.85 bits per heavy atom. The van der Waals surface area contributed by atoms with Gasteiger partial charge >= 0.3 is 6.18 Å². The summed E-state index contributed by atoms with van der Waals surface area (Å²) in [5.74, 6) is -0.686. The molecular weight excluding hydrogens is 372 g/mol. The summed E-state index contributed by atoms with van der Waals surface area (Å²) < 4.78 is 77.1. The lowest BCUT2D eigenvalue weighted by Crippen LogP contribution is -2.39. The van der Waals surface area contributed by atoms with Crippen molar-refractivity contribution in [1.29, 1.82) is 4.78 Å². The van der Waals surface area contributed by atoms with E-state index >= 15 is 0 Å². The summed E-state index contributed by atoms with van der Waals surface area (Å²) >= 11 is 0. The Bertz CT molecular complexity index is 1030. The fraction of sp³-hybridized carbons (Fsp3) is 0.188. The highest BCUT2D eigenvalue weighted by molar-refractivity contribution is 7.90. The second-order valence-corrected chi connectivity index (χ2v) is 7.72. The topological polar surface area (TPSA) is 61.5 Å². The molecule has 0 fully saturated rings. The van der Waals surface area contributed by atoms with Crippen LogP contribution >= 0.6 is 0 Å². The fourth-order valence-corrected chi connectivity index (χ4v) is 4.01. The minimum absolute atomic E-state index is 0.102. The summed E-state index contributed by atoms with van der Waals surface area (Å²) in [7, 11) is -3.02. The number of alkyl halides is 3. The van der Waals surface area contributed by atoms with E-state index in [0.29, 0.717) is 9.95 Å². The molecule has 1 N–H and O–H groups in total. The first-order chi connectivity index (χ1) is 12.1. The first-order valence-electron chi connectivity index (χ1n) is 7.37. The Kier molecular flexibility index (Phi) is 4.49. The standard InChI is InChI=1S/C16H14F4N4OS/c1-23(15(16(18,19)20)11-2-4-12(17)5-3-11)26(21,25)13-6-8-24-9-7-22-14(24)10-13/h2-10,15,21H,1H3/t15-,26?/m1/s1. The van der Waals surface area contributed by atoms with Gasteiger partial charge in [-0.2, -0.15) is 13.2 Å².